The molecule has 0 amide bonds. The first kappa shape index (κ1) is 27.1. The van der Waals surface area contributed by atoms with E-state index in [1.807, 2.05) is 72.9 Å². The standard InChI is InChI=1S/C22H14N2.2C5H5.2Fe/c1-2-7-15(6-1)19-14-18-12-11-17-10-5-13-23-21(17)22(18)24-20(19)16-8-3-4-9-16;2*1-2-4-5-3-1;;/h1-14H;2*1-5H;;/q-2;2*-1;2*+2. The van der Waals surface area contributed by atoms with Crippen LogP contribution in [0.3, 0.4) is 0 Å². The Hall–Kier alpha value is -3.52. The molecule has 0 saturated carbocycles. The molecule has 0 N–H and O–H groups in total. The predicted octanol–water partition coefficient (Wildman–Crippen LogP) is 8.36. The SMILES string of the molecule is [Fe+2].[Fe+2].c1cc[cH-]c1.c1cc[cH-]c1.c1cnc2c(c1)ccc1cc(-[c-]3cccc3)c(-[c-]3cccc3)nc12. The molecule has 0 aliphatic heterocycles. The van der Waals surface area contributed by atoms with Gasteiger partial charge in [0.25, 0.3) is 0 Å². The number of hydrogen-bond acceptors (Lipinski definition) is 2. The summed E-state index contributed by atoms with van der Waals surface area (Å²) in [6, 6.07) is 47.2. The van der Waals surface area contributed by atoms with E-state index in [4.69, 9.17) is 4.98 Å². The van der Waals surface area contributed by atoms with E-state index in [0.717, 1.165) is 38.6 Å². The van der Waals surface area contributed by atoms with E-state index in [2.05, 4.69) is 77.8 Å². The van der Waals surface area contributed by atoms with Crippen LogP contribution in [0.15, 0.2) is 146 Å². The minimum absolute atomic E-state index is 0. The molecule has 0 aliphatic carbocycles. The summed E-state index contributed by atoms with van der Waals surface area (Å²) in [5.74, 6) is 0. The summed E-state index contributed by atoms with van der Waals surface area (Å²) in [5, 5.41) is 2.24. The van der Waals surface area contributed by atoms with Crippen LogP contribution in [0, 0.1) is 0 Å². The zero-order chi connectivity index (χ0) is 23.0. The van der Waals surface area contributed by atoms with E-state index in [-0.39, 0.29) is 34.1 Å². The summed E-state index contributed by atoms with van der Waals surface area (Å²) in [5.41, 5.74) is 6.42. The van der Waals surface area contributed by atoms with Crippen molar-refractivity contribution in [1.29, 1.82) is 0 Å². The van der Waals surface area contributed by atoms with Crippen molar-refractivity contribution in [2.24, 2.45) is 0 Å². The normalized spacial score (nSPS) is 9.78. The first-order valence-corrected chi connectivity index (χ1v) is 11.4. The second kappa shape index (κ2) is 13.5. The zero-order valence-electron chi connectivity index (χ0n) is 19.5. The summed E-state index contributed by atoms with van der Waals surface area (Å²) in [6.45, 7) is 0. The van der Waals surface area contributed by atoms with Gasteiger partial charge in [0.1, 0.15) is 0 Å². The molecule has 0 bridgehead atoms. The number of hydrogen-bond donors (Lipinski definition) is 0. The summed E-state index contributed by atoms with van der Waals surface area (Å²) < 4.78 is 0. The zero-order valence-corrected chi connectivity index (χ0v) is 21.7. The molecule has 7 rings (SSSR count). The summed E-state index contributed by atoms with van der Waals surface area (Å²) >= 11 is 0. The Morgan fingerprint density at radius 1 is 0.556 bits per heavy atom. The van der Waals surface area contributed by atoms with Gasteiger partial charge in [0.15, 0.2) is 0 Å². The van der Waals surface area contributed by atoms with Crippen LogP contribution in [0.2, 0.25) is 0 Å². The first-order chi connectivity index (χ1) is 16.9. The smallest absolute Gasteiger partial charge is 0.304 e. The van der Waals surface area contributed by atoms with Crippen LogP contribution < -0.4 is 0 Å². The molecule has 4 heteroatoms. The number of fused-ring (bicyclic) bond motifs is 3. The largest absolute Gasteiger partial charge is 2.00 e. The van der Waals surface area contributed by atoms with Gasteiger partial charge >= 0.3 is 34.1 Å². The average molecular weight is 548 g/mol. The Balaban J connectivity index is 0.000000252. The fraction of sp³-hybridized carbons (Fsp3) is 0. The number of pyridine rings is 2. The molecule has 36 heavy (non-hydrogen) atoms. The molecule has 2 nitrogen and oxygen atoms in total. The van der Waals surface area contributed by atoms with Crippen molar-refractivity contribution in [3.05, 3.63) is 146 Å². The molecule has 7 aromatic rings. The molecule has 0 atom stereocenters. The van der Waals surface area contributed by atoms with Crippen molar-refractivity contribution < 1.29 is 34.1 Å². The Morgan fingerprint density at radius 2 is 1.11 bits per heavy atom. The minimum atomic E-state index is 0. The molecule has 178 valence electrons. The van der Waals surface area contributed by atoms with Gasteiger partial charge in [0.05, 0.1) is 11.0 Å². The molecular weight excluding hydrogens is 524 g/mol. The van der Waals surface area contributed by atoms with Gasteiger partial charge in [-0.25, -0.2) is 24.3 Å². The molecule has 0 fully saturated rings. The Bertz CT molecular complexity index is 1470. The quantitative estimate of drug-likeness (QED) is 0.123. The van der Waals surface area contributed by atoms with E-state index < -0.39 is 0 Å². The monoisotopic (exact) mass is 548 g/mol. The number of aromatic nitrogens is 2. The second-order valence-electron chi connectivity index (χ2n) is 7.87. The van der Waals surface area contributed by atoms with Crippen LogP contribution in [0.5, 0.6) is 0 Å². The van der Waals surface area contributed by atoms with Crippen molar-refractivity contribution in [3.63, 3.8) is 0 Å². The van der Waals surface area contributed by atoms with Gasteiger partial charge in [-0.05, 0) is 11.5 Å². The van der Waals surface area contributed by atoms with Crippen molar-refractivity contribution in [1.82, 2.24) is 9.97 Å². The van der Waals surface area contributed by atoms with E-state index in [9.17, 15) is 0 Å². The Kier molecular flexibility index (Phi) is 10.2. The van der Waals surface area contributed by atoms with Crippen LogP contribution in [0.25, 0.3) is 44.2 Å². The van der Waals surface area contributed by atoms with Gasteiger partial charge in [-0.1, -0.05) is 23.9 Å². The molecule has 2 heterocycles. The van der Waals surface area contributed by atoms with Crippen LogP contribution in [-0.4, -0.2) is 9.97 Å². The fourth-order valence-corrected chi connectivity index (χ4v) is 3.94. The van der Waals surface area contributed by atoms with Crippen LogP contribution >= 0.6 is 0 Å². The number of nitrogens with zero attached hydrogens (tertiary/aromatic N) is 2. The van der Waals surface area contributed by atoms with E-state index in [1.165, 1.54) is 5.56 Å². The molecule has 0 spiro atoms. The molecule has 0 aliphatic rings. The number of rotatable bonds is 2. The molecule has 0 unspecified atom stereocenters. The Morgan fingerprint density at radius 3 is 1.67 bits per heavy atom. The van der Waals surface area contributed by atoms with E-state index >= 15 is 0 Å². The van der Waals surface area contributed by atoms with Crippen LogP contribution in [-0.2, 0) is 34.1 Å². The minimum Gasteiger partial charge on any atom is -0.304 e. The van der Waals surface area contributed by atoms with Crippen LogP contribution in [0.4, 0.5) is 0 Å². The van der Waals surface area contributed by atoms with Gasteiger partial charge in [0, 0.05) is 11.6 Å². The van der Waals surface area contributed by atoms with Crippen molar-refractivity contribution in [2.75, 3.05) is 0 Å². The Labute approximate surface area is 233 Å². The van der Waals surface area contributed by atoms with Gasteiger partial charge in [0.2, 0.25) is 0 Å². The predicted molar refractivity (Wildman–Crippen MR) is 143 cm³/mol. The van der Waals surface area contributed by atoms with Crippen molar-refractivity contribution >= 4 is 21.8 Å². The van der Waals surface area contributed by atoms with Gasteiger partial charge < -0.3 is 4.98 Å². The average Bonchev–Trinajstić information content (AvgIpc) is 3.71. The van der Waals surface area contributed by atoms with Crippen molar-refractivity contribution in [3.8, 4) is 22.4 Å². The third-order valence-corrected chi connectivity index (χ3v) is 5.58. The summed E-state index contributed by atoms with van der Waals surface area (Å²) in [7, 11) is 0. The second-order valence-corrected chi connectivity index (χ2v) is 7.87. The molecule has 0 saturated heterocycles. The van der Waals surface area contributed by atoms with Crippen LogP contribution in [0.1, 0.15) is 0 Å². The van der Waals surface area contributed by atoms with E-state index in [1.54, 1.807) is 0 Å². The van der Waals surface area contributed by atoms with Gasteiger partial charge in [-0.3, -0.25) is 4.98 Å². The van der Waals surface area contributed by atoms with Gasteiger partial charge in [-0.15, -0.1) is 29.3 Å². The molecular formula is C32H24Fe2N2. The fourth-order valence-electron chi connectivity index (χ4n) is 3.94. The number of benzene rings is 1. The van der Waals surface area contributed by atoms with Crippen molar-refractivity contribution in [2.45, 2.75) is 0 Å². The molecule has 2 aromatic heterocycles. The maximum absolute atomic E-state index is 5.04. The first-order valence-electron chi connectivity index (χ1n) is 11.4. The van der Waals surface area contributed by atoms with Gasteiger partial charge in [-0.2, -0.15) is 78.4 Å². The maximum Gasteiger partial charge on any atom is 2.00 e. The maximum atomic E-state index is 5.04. The van der Waals surface area contributed by atoms with E-state index in [0.29, 0.717) is 0 Å². The summed E-state index contributed by atoms with van der Waals surface area (Å²) in [4.78, 5) is 9.60. The topological polar surface area (TPSA) is 25.8 Å². The third kappa shape index (κ3) is 6.37. The molecule has 5 aromatic carbocycles. The summed E-state index contributed by atoms with van der Waals surface area (Å²) in [6.07, 6.45) is 1.83. The molecule has 0 radical (unpaired) electrons. The third-order valence-electron chi connectivity index (χ3n) is 5.58.